The van der Waals surface area contributed by atoms with E-state index < -0.39 is 0 Å². The Kier molecular flexibility index (Phi) is 6.09. The minimum Gasteiger partial charge on any atom is -0.355 e. The van der Waals surface area contributed by atoms with Gasteiger partial charge in [0, 0.05) is 37.9 Å². The molecule has 0 bridgehead atoms. The number of piperidine rings is 2. The van der Waals surface area contributed by atoms with Gasteiger partial charge in [-0.3, -0.25) is 9.59 Å². The number of hydrogen-bond donors (Lipinski definition) is 2. The smallest absolute Gasteiger partial charge is 0.222 e. The van der Waals surface area contributed by atoms with Crippen molar-refractivity contribution in [2.45, 2.75) is 44.9 Å². The Balaban J connectivity index is 0.00000176. The molecule has 0 aliphatic carbocycles. The van der Waals surface area contributed by atoms with Crippen LogP contribution in [-0.2, 0) is 9.59 Å². The van der Waals surface area contributed by atoms with Crippen molar-refractivity contribution in [1.82, 2.24) is 15.5 Å². The summed E-state index contributed by atoms with van der Waals surface area (Å²) in [6.07, 6.45) is 6.83. The zero-order valence-corrected chi connectivity index (χ0v) is 14.1. The topological polar surface area (TPSA) is 61.4 Å². The van der Waals surface area contributed by atoms with Crippen molar-refractivity contribution in [2.24, 2.45) is 11.3 Å². The molecule has 2 N–H and O–H groups in total. The maximum Gasteiger partial charge on any atom is 0.222 e. The molecule has 5 nitrogen and oxygen atoms in total. The molecule has 3 fully saturated rings. The van der Waals surface area contributed by atoms with Crippen LogP contribution in [0.4, 0.5) is 0 Å². The first-order valence-corrected chi connectivity index (χ1v) is 8.42. The van der Waals surface area contributed by atoms with Gasteiger partial charge in [0.25, 0.3) is 0 Å². The van der Waals surface area contributed by atoms with Gasteiger partial charge in [0.1, 0.15) is 0 Å². The number of likely N-dealkylation sites (tertiary alicyclic amines) is 1. The summed E-state index contributed by atoms with van der Waals surface area (Å²) >= 11 is 0. The minimum absolute atomic E-state index is 0. The molecular formula is C16H28ClN3O2. The molecule has 1 spiro atoms. The van der Waals surface area contributed by atoms with E-state index in [1.165, 1.54) is 12.8 Å². The molecule has 126 valence electrons. The van der Waals surface area contributed by atoms with Gasteiger partial charge in [-0.15, -0.1) is 12.4 Å². The molecule has 1 atom stereocenters. The highest BCUT2D eigenvalue weighted by Crippen LogP contribution is 2.36. The third-order valence-corrected chi connectivity index (χ3v) is 5.44. The van der Waals surface area contributed by atoms with Crippen LogP contribution in [0.2, 0.25) is 0 Å². The Morgan fingerprint density at radius 2 is 2.09 bits per heavy atom. The number of halogens is 1. The van der Waals surface area contributed by atoms with Crippen molar-refractivity contribution in [1.29, 1.82) is 0 Å². The lowest BCUT2D eigenvalue weighted by atomic mass is 9.79. The molecule has 3 saturated heterocycles. The van der Waals surface area contributed by atoms with E-state index in [2.05, 4.69) is 10.6 Å². The van der Waals surface area contributed by atoms with Crippen molar-refractivity contribution in [2.75, 3.05) is 32.7 Å². The summed E-state index contributed by atoms with van der Waals surface area (Å²) in [5.41, 5.74) is 0.0275. The summed E-state index contributed by atoms with van der Waals surface area (Å²) in [6, 6.07) is 0. The van der Waals surface area contributed by atoms with Gasteiger partial charge >= 0.3 is 0 Å². The lowest BCUT2D eigenvalue weighted by molar-refractivity contribution is -0.135. The molecule has 3 rings (SSSR count). The molecule has 2 amide bonds. The van der Waals surface area contributed by atoms with Crippen LogP contribution in [0.5, 0.6) is 0 Å². The van der Waals surface area contributed by atoms with Gasteiger partial charge in [-0.2, -0.15) is 0 Å². The van der Waals surface area contributed by atoms with Gasteiger partial charge in [-0.25, -0.2) is 0 Å². The van der Waals surface area contributed by atoms with E-state index >= 15 is 0 Å². The van der Waals surface area contributed by atoms with Crippen LogP contribution in [0.1, 0.15) is 44.9 Å². The van der Waals surface area contributed by atoms with Gasteiger partial charge < -0.3 is 15.5 Å². The Morgan fingerprint density at radius 1 is 1.32 bits per heavy atom. The molecule has 0 radical (unpaired) electrons. The van der Waals surface area contributed by atoms with Crippen LogP contribution in [-0.4, -0.2) is 49.4 Å². The summed E-state index contributed by atoms with van der Waals surface area (Å²) in [5.74, 6) is 1.16. The summed E-state index contributed by atoms with van der Waals surface area (Å²) in [5, 5.41) is 6.31. The number of amides is 2. The van der Waals surface area contributed by atoms with E-state index in [9.17, 15) is 9.59 Å². The molecule has 0 aromatic rings. The van der Waals surface area contributed by atoms with Crippen LogP contribution < -0.4 is 10.6 Å². The van der Waals surface area contributed by atoms with Gasteiger partial charge in [0.2, 0.25) is 11.8 Å². The maximum absolute atomic E-state index is 12.5. The predicted molar refractivity (Wildman–Crippen MR) is 87.9 cm³/mol. The van der Waals surface area contributed by atoms with E-state index in [0.717, 1.165) is 52.0 Å². The predicted octanol–water partition coefficient (Wildman–Crippen LogP) is 1.32. The number of rotatable bonds is 3. The normalized spacial score (nSPS) is 29.3. The van der Waals surface area contributed by atoms with Gasteiger partial charge in [-0.1, -0.05) is 0 Å². The fourth-order valence-corrected chi connectivity index (χ4v) is 4.12. The summed E-state index contributed by atoms with van der Waals surface area (Å²) in [6.45, 7) is 4.60. The van der Waals surface area contributed by atoms with Crippen LogP contribution in [0.25, 0.3) is 0 Å². The highest BCUT2D eigenvalue weighted by atomic mass is 35.5. The van der Waals surface area contributed by atoms with E-state index in [0.29, 0.717) is 24.7 Å². The van der Waals surface area contributed by atoms with Gasteiger partial charge in [0.15, 0.2) is 0 Å². The fourth-order valence-electron chi connectivity index (χ4n) is 4.12. The third kappa shape index (κ3) is 4.13. The number of carbonyl (C=O) groups is 2. The molecule has 3 aliphatic rings. The van der Waals surface area contributed by atoms with E-state index in [1.807, 2.05) is 4.90 Å². The number of nitrogens with zero attached hydrogens (tertiary/aromatic N) is 1. The van der Waals surface area contributed by atoms with Crippen LogP contribution in [0, 0.1) is 11.3 Å². The van der Waals surface area contributed by atoms with Gasteiger partial charge in [0.05, 0.1) is 0 Å². The Bertz CT molecular complexity index is 412. The molecule has 6 heteroatoms. The second-order valence-corrected chi connectivity index (χ2v) is 7.10. The summed E-state index contributed by atoms with van der Waals surface area (Å²) in [4.78, 5) is 26.0. The average molecular weight is 330 g/mol. The first-order valence-electron chi connectivity index (χ1n) is 8.42. The van der Waals surface area contributed by atoms with Crippen molar-refractivity contribution in [3.63, 3.8) is 0 Å². The molecule has 0 aromatic heterocycles. The molecule has 1 unspecified atom stereocenters. The lowest BCUT2D eigenvalue weighted by Crippen LogP contribution is -2.47. The van der Waals surface area contributed by atoms with Crippen molar-refractivity contribution in [3.8, 4) is 0 Å². The fraction of sp³-hybridized carbons (Fsp3) is 0.875. The monoisotopic (exact) mass is 329 g/mol. The lowest BCUT2D eigenvalue weighted by Gasteiger charge is -2.39. The Morgan fingerprint density at radius 3 is 2.77 bits per heavy atom. The minimum atomic E-state index is 0. The molecule has 3 heterocycles. The largest absolute Gasteiger partial charge is 0.355 e. The summed E-state index contributed by atoms with van der Waals surface area (Å²) < 4.78 is 0. The number of carbonyl (C=O) groups excluding carboxylic acids is 2. The van der Waals surface area contributed by atoms with Crippen LogP contribution in [0.3, 0.4) is 0 Å². The summed E-state index contributed by atoms with van der Waals surface area (Å²) in [7, 11) is 0. The Labute approximate surface area is 139 Å². The average Bonchev–Trinajstić information content (AvgIpc) is 2.86. The van der Waals surface area contributed by atoms with E-state index in [-0.39, 0.29) is 23.7 Å². The van der Waals surface area contributed by atoms with E-state index in [1.54, 1.807) is 0 Å². The second kappa shape index (κ2) is 7.64. The highest BCUT2D eigenvalue weighted by molar-refractivity contribution is 5.85. The van der Waals surface area contributed by atoms with Crippen molar-refractivity contribution in [3.05, 3.63) is 0 Å². The number of hydrogen-bond acceptors (Lipinski definition) is 3. The SMILES string of the molecule is Cl.O=C1CC2(CCCN(C(=O)CCC3CCNCC3)C2)CN1. The standard InChI is InChI=1S/C16H27N3O2.ClH/c20-14-10-16(11-18-14)6-1-9-19(12-16)15(21)3-2-13-4-7-17-8-5-13;/h13,17H,1-12H2,(H,18,20);1H. The molecule has 22 heavy (non-hydrogen) atoms. The second-order valence-electron chi connectivity index (χ2n) is 7.10. The molecule has 3 aliphatic heterocycles. The molecular weight excluding hydrogens is 302 g/mol. The van der Waals surface area contributed by atoms with E-state index in [4.69, 9.17) is 0 Å². The third-order valence-electron chi connectivity index (χ3n) is 5.44. The number of nitrogens with one attached hydrogen (secondary N) is 2. The highest BCUT2D eigenvalue weighted by Gasteiger charge is 2.42. The zero-order valence-electron chi connectivity index (χ0n) is 13.2. The van der Waals surface area contributed by atoms with Crippen LogP contribution >= 0.6 is 12.4 Å². The Hall–Kier alpha value is -0.810. The van der Waals surface area contributed by atoms with Crippen molar-refractivity contribution < 1.29 is 9.59 Å². The molecule has 0 aromatic carbocycles. The molecule has 0 saturated carbocycles. The zero-order chi connectivity index (χ0) is 14.7. The van der Waals surface area contributed by atoms with Gasteiger partial charge in [-0.05, 0) is 51.1 Å². The maximum atomic E-state index is 12.5. The first-order chi connectivity index (χ1) is 10.2. The first kappa shape index (κ1) is 17.5. The quantitative estimate of drug-likeness (QED) is 0.821. The van der Waals surface area contributed by atoms with Crippen molar-refractivity contribution >= 4 is 24.2 Å². The van der Waals surface area contributed by atoms with Crippen LogP contribution in [0.15, 0.2) is 0 Å².